The van der Waals surface area contributed by atoms with Gasteiger partial charge in [0, 0.05) is 6.54 Å². The molecule has 0 radical (unpaired) electrons. The minimum absolute atomic E-state index is 0.0209. The highest BCUT2D eigenvalue weighted by Crippen LogP contribution is 2.33. The van der Waals surface area contributed by atoms with Crippen LogP contribution in [0.2, 0.25) is 0 Å². The number of likely N-dealkylation sites (tertiary alicyclic amines) is 1. The largest absolute Gasteiger partial charge is 0.334 e. The van der Waals surface area contributed by atoms with Gasteiger partial charge in [-0.3, -0.25) is 4.79 Å². The van der Waals surface area contributed by atoms with E-state index in [4.69, 9.17) is 5.73 Å². The number of rotatable bonds is 3. The average Bonchev–Trinajstić information content (AvgIpc) is 3.04. The Labute approximate surface area is 125 Å². The van der Waals surface area contributed by atoms with Gasteiger partial charge >= 0.3 is 0 Å². The maximum atomic E-state index is 12.7. The molecule has 0 aromatic heterocycles. The lowest BCUT2D eigenvalue weighted by molar-refractivity contribution is -0.133. The fraction of sp³-hybridized carbons (Fsp3) is 0.278. The van der Waals surface area contributed by atoms with E-state index in [-0.39, 0.29) is 11.9 Å². The molecule has 1 saturated heterocycles. The lowest BCUT2D eigenvalue weighted by Crippen LogP contribution is -2.38. The van der Waals surface area contributed by atoms with Gasteiger partial charge in [-0.25, -0.2) is 0 Å². The molecule has 108 valence electrons. The SMILES string of the molecule is N[C@H](C(=O)N1CCCC1c1ccccc1)c1ccccc1. The Morgan fingerprint density at radius 1 is 1.05 bits per heavy atom. The van der Waals surface area contributed by atoms with Crippen LogP contribution in [0.4, 0.5) is 0 Å². The first kappa shape index (κ1) is 13.8. The summed E-state index contributed by atoms with van der Waals surface area (Å²) in [6.45, 7) is 0.791. The van der Waals surface area contributed by atoms with Crippen LogP contribution in [0.3, 0.4) is 0 Å². The minimum Gasteiger partial charge on any atom is -0.334 e. The zero-order chi connectivity index (χ0) is 14.7. The highest BCUT2D eigenvalue weighted by Gasteiger charge is 2.32. The summed E-state index contributed by atoms with van der Waals surface area (Å²) in [6, 6.07) is 19.4. The maximum Gasteiger partial charge on any atom is 0.244 e. The number of nitrogens with zero attached hydrogens (tertiary/aromatic N) is 1. The molecular formula is C18H20N2O. The fourth-order valence-electron chi connectivity index (χ4n) is 3.03. The molecule has 2 aromatic carbocycles. The maximum absolute atomic E-state index is 12.7. The molecule has 21 heavy (non-hydrogen) atoms. The lowest BCUT2D eigenvalue weighted by Gasteiger charge is -2.28. The number of hydrogen-bond donors (Lipinski definition) is 1. The van der Waals surface area contributed by atoms with Gasteiger partial charge in [-0.1, -0.05) is 60.7 Å². The van der Waals surface area contributed by atoms with Crippen LogP contribution in [0.1, 0.15) is 36.1 Å². The van der Waals surface area contributed by atoms with Gasteiger partial charge in [0.05, 0.1) is 6.04 Å². The predicted octanol–water partition coefficient (Wildman–Crippen LogP) is 3.05. The van der Waals surface area contributed by atoms with Crippen LogP contribution in [0.25, 0.3) is 0 Å². The van der Waals surface area contributed by atoms with Crippen molar-refractivity contribution in [3.8, 4) is 0 Å². The van der Waals surface area contributed by atoms with Gasteiger partial charge in [0.15, 0.2) is 0 Å². The summed E-state index contributed by atoms with van der Waals surface area (Å²) in [5.74, 6) is 0.0209. The molecule has 1 unspecified atom stereocenters. The Bertz CT molecular complexity index is 597. The first-order chi connectivity index (χ1) is 10.3. The Morgan fingerprint density at radius 2 is 1.67 bits per heavy atom. The molecule has 2 aromatic rings. The summed E-state index contributed by atoms with van der Waals surface area (Å²) in [5.41, 5.74) is 8.24. The Hall–Kier alpha value is -2.13. The number of amides is 1. The number of benzene rings is 2. The monoisotopic (exact) mass is 280 g/mol. The summed E-state index contributed by atoms with van der Waals surface area (Å²) in [7, 11) is 0. The summed E-state index contributed by atoms with van der Waals surface area (Å²) in [6.07, 6.45) is 2.05. The molecule has 3 nitrogen and oxygen atoms in total. The van der Waals surface area contributed by atoms with Crippen molar-refractivity contribution >= 4 is 5.91 Å². The third-order valence-electron chi connectivity index (χ3n) is 4.14. The average molecular weight is 280 g/mol. The highest BCUT2D eigenvalue weighted by atomic mass is 16.2. The zero-order valence-corrected chi connectivity index (χ0v) is 12.0. The molecule has 3 rings (SSSR count). The van der Waals surface area contributed by atoms with E-state index in [9.17, 15) is 4.79 Å². The van der Waals surface area contributed by atoms with Gasteiger partial charge < -0.3 is 10.6 Å². The van der Waals surface area contributed by atoms with E-state index >= 15 is 0 Å². The number of carbonyl (C=O) groups is 1. The summed E-state index contributed by atoms with van der Waals surface area (Å²) in [5, 5.41) is 0. The van der Waals surface area contributed by atoms with Crippen LogP contribution in [0.15, 0.2) is 60.7 Å². The van der Waals surface area contributed by atoms with Crippen molar-refractivity contribution in [1.29, 1.82) is 0 Å². The van der Waals surface area contributed by atoms with Gasteiger partial charge in [0.1, 0.15) is 6.04 Å². The quantitative estimate of drug-likeness (QED) is 0.939. The molecule has 0 spiro atoms. The molecule has 3 heteroatoms. The zero-order valence-electron chi connectivity index (χ0n) is 12.0. The molecule has 1 aliphatic heterocycles. The van der Waals surface area contributed by atoms with Gasteiger partial charge in [0.2, 0.25) is 5.91 Å². The topological polar surface area (TPSA) is 46.3 Å². The lowest BCUT2D eigenvalue weighted by atomic mass is 10.0. The van der Waals surface area contributed by atoms with Crippen molar-refractivity contribution in [2.45, 2.75) is 24.9 Å². The van der Waals surface area contributed by atoms with Crippen molar-refractivity contribution in [3.05, 3.63) is 71.8 Å². The van der Waals surface area contributed by atoms with E-state index < -0.39 is 6.04 Å². The minimum atomic E-state index is -0.574. The molecule has 1 heterocycles. The number of hydrogen-bond acceptors (Lipinski definition) is 2. The van der Waals surface area contributed by atoms with Crippen molar-refractivity contribution in [2.75, 3.05) is 6.54 Å². The second-order valence-electron chi connectivity index (χ2n) is 5.49. The second-order valence-corrected chi connectivity index (χ2v) is 5.49. The van der Waals surface area contributed by atoms with E-state index in [2.05, 4.69) is 12.1 Å². The number of carbonyl (C=O) groups excluding carboxylic acids is 1. The van der Waals surface area contributed by atoms with E-state index in [0.717, 1.165) is 24.9 Å². The van der Waals surface area contributed by atoms with Crippen LogP contribution in [-0.2, 0) is 4.79 Å². The first-order valence-corrected chi connectivity index (χ1v) is 7.43. The van der Waals surface area contributed by atoms with Crippen molar-refractivity contribution < 1.29 is 4.79 Å². The smallest absolute Gasteiger partial charge is 0.244 e. The van der Waals surface area contributed by atoms with Crippen molar-refractivity contribution in [1.82, 2.24) is 4.90 Å². The normalized spacial score (nSPS) is 19.5. The number of nitrogens with two attached hydrogens (primary N) is 1. The van der Waals surface area contributed by atoms with Crippen molar-refractivity contribution in [2.24, 2.45) is 5.73 Å². The van der Waals surface area contributed by atoms with Crippen LogP contribution in [0, 0.1) is 0 Å². The third-order valence-corrected chi connectivity index (χ3v) is 4.14. The fourth-order valence-corrected chi connectivity index (χ4v) is 3.03. The Balaban J connectivity index is 1.81. The third kappa shape index (κ3) is 2.83. The van der Waals surface area contributed by atoms with Crippen molar-refractivity contribution in [3.63, 3.8) is 0 Å². The van der Waals surface area contributed by atoms with E-state index in [1.807, 2.05) is 53.4 Å². The predicted molar refractivity (Wildman–Crippen MR) is 83.5 cm³/mol. The van der Waals surface area contributed by atoms with Gasteiger partial charge in [-0.05, 0) is 24.0 Å². The molecule has 1 aliphatic rings. The summed E-state index contributed by atoms with van der Waals surface area (Å²) < 4.78 is 0. The Kier molecular flexibility index (Phi) is 4.02. The molecule has 2 N–H and O–H groups in total. The van der Waals surface area contributed by atoms with Gasteiger partial charge in [-0.2, -0.15) is 0 Å². The van der Waals surface area contributed by atoms with Gasteiger partial charge in [0.25, 0.3) is 0 Å². The molecule has 1 amide bonds. The van der Waals surface area contributed by atoms with Crippen LogP contribution < -0.4 is 5.73 Å². The van der Waals surface area contributed by atoms with Crippen LogP contribution >= 0.6 is 0 Å². The summed E-state index contributed by atoms with van der Waals surface area (Å²) >= 11 is 0. The second kappa shape index (κ2) is 6.10. The standard InChI is InChI=1S/C18H20N2O/c19-17(15-10-5-2-6-11-15)18(21)20-13-7-12-16(20)14-8-3-1-4-9-14/h1-6,8-11,16-17H,7,12-13,19H2/t16?,17-/m0/s1. The first-order valence-electron chi connectivity index (χ1n) is 7.43. The molecule has 1 fully saturated rings. The van der Waals surface area contributed by atoms with Crippen LogP contribution in [-0.4, -0.2) is 17.4 Å². The molecule has 2 atom stereocenters. The van der Waals surface area contributed by atoms with E-state index in [1.165, 1.54) is 5.56 Å². The Morgan fingerprint density at radius 3 is 2.33 bits per heavy atom. The van der Waals surface area contributed by atoms with E-state index in [1.54, 1.807) is 0 Å². The molecule has 0 saturated carbocycles. The molecular weight excluding hydrogens is 260 g/mol. The molecule has 0 bridgehead atoms. The molecule has 0 aliphatic carbocycles. The summed E-state index contributed by atoms with van der Waals surface area (Å²) in [4.78, 5) is 14.7. The van der Waals surface area contributed by atoms with Crippen LogP contribution in [0.5, 0.6) is 0 Å². The van der Waals surface area contributed by atoms with E-state index in [0.29, 0.717) is 0 Å². The highest BCUT2D eigenvalue weighted by molar-refractivity contribution is 5.83. The van der Waals surface area contributed by atoms with Gasteiger partial charge in [-0.15, -0.1) is 0 Å².